The predicted octanol–water partition coefficient (Wildman–Crippen LogP) is 0.357. The van der Waals surface area contributed by atoms with Gasteiger partial charge in [-0.15, -0.1) is 0 Å². The van der Waals surface area contributed by atoms with Crippen molar-refractivity contribution in [3.8, 4) is 0 Å². The monoisotopic (exact) mass is 608 g/mol. The zero-order chi connectivity index (χ0) is 32.4. The lowest BCUT2D eigenvalue weighted by Gasteiger charge is -2.19. The van der Waals surface area contributed by atoms with Gasteiger partial charge < -0.3 is 31.7 Å². The number of carbonyl (C=O) groups excluding carboxylic acids is 2. The number of hydrogen-bond donors (Lipinski definition) is 6. The summed E-state index contributed by atoms with van der Waals surface area (Å²) in [5.41, 5.74) is 13.8. The van der Waals surface area contributed by atoms with Crippen LogP contribution in [0.2, 0.25) is 0 Å². The fourth-order valence-electron chi connectivity index (χ4n) is 2.25. The maximum Gasteiger partial charge on any atom is 0.490 e. The van der Waals surface area contributed by atoms with Crippen molar-refractivity contribution in [3.63, 3.8) is 0 Å². The van der Waals surface area contributed by atoms with Crippen LogP contribution in [0.15, 0.2) is 35.3 Å². The number of esters is 1. The third-order valence-electron chi connectivity index (χ3n) is 4.06. The molecule has 15 nitrogen and oxygen atoms in total. The van der Waals surface area contributed by atoms with Gasteiger partial charge in [0, 0.05) is 6.54 Å². The number of amides is 1. The lowest BCUT2D eigenvalue weighted by atomic mass is 10.1. The number of methoxy groups -OCH3 is 1. The Morgan fingerprint density at radius 2 is 1.51 bits per heavy atom. The third-order valence-corrected chi connectivity index (χ3v) is 4.06. The smallest absolute Gasteiger partial charge is 0.475 e. The number of hydrogen-bond acceptors (Lipinski definition) is 9. The van der Waals surface area contributed by atoms with Crippen LogP contribution in [0.5, 0.6) is 0 Å². The molecular weight excluding hydrogens is 582 g/mol. The summed E-state index contributed by atoms with van der Waals surface area (Å²) in [6.07, 6.45) is -9.28. The molecule has 232 valence electrons. The molecule has 1 aromatic carbocycles. The Morgan fingerprint density at radius 3 is 1.90 bits per heavy atom. The summed E-state index contributed by atoms with van der Waals surface area (Å²) in [5, 5.41) is 26.2. The SMILES string of the molecule is COC(=O)[C@@H](CCCN=C(N)N[N+](=O)[O-])NC(=O)[C@H](N)Cc1ccccc1.O=C(O)C(F)(F)F.O=C(O)C(F)(F)F. The van der Waals surface area contributed by atoms with Crippen LogP contribution in [-0.2, 0) is 30.3 Å². The van der Waals surface area contributed by atoms with Gasteiger partial charge in [0.15, 0.2) is 5.03 Å². The molecular formula is C20H26F6N6O9. The molecule has 0 spiro atoms. The summed E-state index contributed by atoms with van der Waals surface area (Å²) in [7, 11) is 1.21. The molecule has 0 saturated carbocycles. The van der Waals surface area contributed by atoms with Gasteiger partial charge in [-0.05, 0) is 24.8 Å². The molecule has 21 heteroatoms. The van der Waals surface area contributed by atoms with Crippen LogP contribution < -0.4 is 22.2 Å². The summed E-state index contributed by atoms with van der Waals surface area (Å²) < 4.78 is 68.2. The van der Waals surface area contributed by atoms with Gasteiger partial charge in [0.2, 0.25) is 5.91 Å². The number of carboxylic acid groups (broad SMARTS) is 2. The number of alkyl halides is 6. The first-order valence-electron chi connectivity index (χ1n) is 10.7. The van der Waals surface area contributed by atoms with Gasteiger partial charge in [0.05, 0.1) is 13.2 Å². The molecule has 0 unspecified atom stereocenters. The van der Waals surface area contributed by atoms with Crippen molar-refractivity contribution < 1.29 is 65.5 Å². The summed E-state index contributed by atoms with van der Waals surface area (Å²) in [4.78, 5) is 55.9. The van der Waals surface area contributed by atoms with E-state index in [2.05, 4.69) is 15.0 Å². The highest BCUT2D eigenvalue weighted by Gasteiger charge is 2.38. The number of benzene rings is 1. The van der Waals surface area contributed by atoms with Gasteiger partial charge in [-0.3, -0.25) is 4.79 Å². The van der Waals surface area contributed by atoms with Crippen molar-refractivity contribution in [1.82, 2.24) is 10.7 Å². The number of nitrogens with one attached hydrogen (secondary N) is 2. The van der Waals surface area contributed by atoms with Gasteiger partial charge in [0.1, 0.15) is 6.04 Å². The molecule has 0 bridgehead atoms. The van der Waals surface area contributed by atoms with E-state index in [0.717, 1.165) is 5.56 Å². The second-order valence-corrected chi connectivity index (χ2v) is 7.26. The lowest BCUT2D eigenvalue weighted by Crippen LogP contribution is -2.49. The minimum atomic E-state index is -5.08. The number of nitro groups is 1. The zero-order valence-corrected chi connectivity index (χ0v) is 20.9. The maximum absolute atomic E-state index is 12.3. The second kappa shape index (κ2) is 18.6. The minimum absolute atomic E-state index is 0.131. The summed E-state index contributed by atoms with van der Waals surface area (Å²) in [6, 6.07) is 7.54. The van der Waals surface area contributed by atoms with E-state index in [1.165, 1.54) is 7.11 Å². The topological polar surface area (TPSA) is 250 Å². The number of carboxylic acids is 2. The number of nitrogens with two attached hydrogens (primary N) is 2. The molecule has 0 fully saturated rings. The molecule has 1 rings (SSSR count). The van der Waals surface area contributed by atoms with Crippen LogP contribution >= 0.6 is 0 Å². The number of hydrazine groups is 1. The summed E-state index contributed by atoms with van der Waals surface area (Å²) in [5.74, 6) is -6.95. The van der Waals surface area contributed by atoms with Crippen molar-refractivity contribution >= 4 is 29.8 Å². The predicted molar refractivity (Wildman–Crippen MR) is 125 cm³/mol. The number of guanidine groups is 1. The van der Waals surface area contributed by atoms with Crippen LogP contribution in [0.3, 0.4) is 0 Å². The van der Waals surface area contributed by atoms with Crippen LogP contribution in [0, 0.1) is 10.1 Å². The molecule has 1 amide bonds. The third kappa shape index (κ3) is 20.0. The fourth-order valence-corrected chi connectivity index (χ4v) is 2.25. The van der Waals surface area contributed by atoms with Crippen molar-refractivity contribution in [1.29, 1.82) is 0 Å². The van der Waals surface area contributed by atoms with Gasteiger partial charge in [0.25, 0.3) is 5.96 Å². The van der Waals surface area contributed by atoms with Crippen molar-refractivity contribution in [2.24, 2.45) is 16.5 Å². The molecule has 0 aromatic heterocycles. The first-order valence-corrected chi connectivity index (χ1v) is 10.7. The molecule has 0 radical (unpaired) electrons. The van der Waals surface area contributed by atoms with Gasteiger partial charge >= 0.3 is 30.3 Å². The van der Waals surface area contributed by atoms with Gasteiger partial charge in [-0.25, -0.2) is 29.5 Å². The Bertz CT molecular complexity index is 1010. The maximum atomic E-state index is 12.3. The van der Waals surface area contributed by atoms with Crippen LogP contribution in [0.4, 0.5) is 26.3 Å². The Morgan fingerprint density at radius 1 is 1.05 bits per heavy atom. The van der Waals surface area contributed by atoms with Gasteiger partial charge in [-0.1, -0.05) is 35.8 Å². The van der Waals surface area contributed by atoms with E-state index in [9.17, 15) is 46.0 Å². The highest BCUT2D eigenvalue weighted by Crippen LogP contribution is 2.13. The van der Waals surface area contributed by atoms with E-state index in [0.29, 0.717) is 12.8 Å². The second-order valence-electron chi connectivity index (χ2n) is 7.26. The molecule has 8 N–H and O–H groups in total. The number of ether oxygens (including phenoxy) is 1. The first kappa shape index (κ1) is 38.5. The molecule has 0 aliphatic heterocycles. The zero-order valence-electron chi connectivity index (χ0n) is 20.9. The quantitative estimate of drug-likeness (QED) is 0.0401. The number of rotatable bonds is 10. The summed E-state index contributed by atoms with van der Waals surface area (Å²) in [6.45, 7) is 0.131. The number of aliphatic imine (C=N–C) groups is 1. The van der Waals surface area contributed by atoms with Crippen molar-refractivity contribution in [2.45, 2.75) is 43.7 Å². The standard InChI is InChI=1S/C16H24N6O5.2C2HF3O2/c1-27-15(24)13(8-5-9-19-16(18)21-22(25)26)20-14(23)12(17)10-11-6-3-2-4-7-11;2*3-2(4,5)1(6)7/h2-4,6-7,12-13H,5,8-10,17H2,1H3,(H,20,23)(H3,18,19,21);2*(H,6,7)/t12-,13-;;/m1../s1. The first-order chi connectivity index (χ1) is 18.7. The van der Waals surface area contributed by atoms with E-state index < -0.39 is 53.3 Å². The number of aliphatic carboxylic acids is 2. The largest absolute Gasteiger partial charge is 0.490 e. The molecule has 0 saturated heterocycles. The molecule has 2 atom stereocenters. The Hall–Kier alpha value is -4.69. The Kier molecular flexibility index (Phi) is 17.4. The van der Waals surface area contributed by atoms with Crippen LogP contribution in [-0.4, -0.2) is 83.1 Å². The fraction of sp³-hybridized carbons (Fsp3) is 0.450. The minimum Gasteiger partial charge on any atom is -0.475 e. The van der Waals surface area contributed by atoms with E-state index in [4.69, 9.17) is 31.3 Å². The highest BCUT2D eigenvalue weighted by atomic mass is 19.4. The van der Waals surface area contributed by atoms with E-state index >= 15 is 0 Å². The molecule has 0 heterocycles. The average Bonchev–Trinajstić information content (AvgIpc) is 2.85. The van der Waals surface area contributed by atoms with E-state index in [1.54, 1.807) is 5.43 Å². The number of nitrogens with zero attached hydrogens (tertiary/aromatic N) is 2. The Balaban J connectivity index is 0. The highest BCUT2D eigenvalue weighted by molar-refractivity contribution is 5.87. The molecule has 0 aliphatic carbocycles. The average molecular weight is 608 g/mol. The van der Waals surface area contributed by atoms with Crippen molar-refractivity contribution in [2.75, 3.05) is 13.7 Å². The number of carbonyl (C=O) groups is 4. The van der Waals surface area contributed by atoms with Crippen molar-refractivity contribution in [3.05, 3.63) is 46.0 Å². The summed E-state index contributed by atoms with van der Waals surface area (Å²) >= 11 is 0. The van der Waals surface area contributed by atoms with Crippen LogP contribution in [0.25, 0.3) is 0 Å². The number of halogens is 6. The van der Waals surface area contributed by atoms with E-state index in [1.807, 2.05) is 30.3 Å². The lowest BCUT2D eigenvalue weighted by molar-refractivity contribution is -0.525. The van der Waals surface area contributed by atoms with Crippen LogP contribution in [0.1, 0.15) is 18.4 Å². The molecule has 1 aromatic rings. The van der Waals surface area contributed by atoms with E-state index in [-0.39, 0.29) is 18.9 Å². The Labute approximate surface area is 226 Å². The molecule has 0 aliphatic rings. The normalized spacial score (nSPS) is 12.6. The van der Waals surface area contributed by atoms with Gasteiger partial charge in [-0.2, -0.15) is 26.3 Å². The molecule has 41 heavy (non-hydrogen) atoms.